The normalized spacial score (nSPS) is 13.1. The number of nitrogens with one attached hydrogen (secondary N) is 1. The van der Waals surface area contributed by atoms with Crippen molar-refractivity contribution in [2.24, 2.45) is 0 Å². The lowest BCUT2D eigenvalue weighted by atomic mass is 9.93. The number of carbonyl (C=O) groups is 2. The highest BCUT2D eigenvalue weighted by molar-refractivity contribution is 7.90. The van der Waals surface area contributed by atoms with Gasteiger partial charge in [-0.15, -0.1) is 11.3 Å². The molecule has 0 aliphatic rings. The number of aryl methyl sites for hydroxylation is 2. The van der Waals surface area contributed by atoms with Gasteiger partial charge >= 0.3 is 5.97 Å². The molecule has 0 fully saturated rings. The Balaban J connectivity index is 1.90. The van der Waals surface area contributed by atoms with Crippen molar-refractivity contribution in [3.05, 3.63) is 81.0 Å². The van der Waals surface area contributed by atoms with E-state index in [2.05, 4.69) is 31.3 Å². The summed E-state index contributed by atoms with van der Waals surface area (Å²) in [6.07, 6.45) is 4.87. The van der Waals surface area contributed by atoms with Gasteiger partial charge < -0.3 is 15.2 Å². The van der Waals surface area contributed by atoms with Crippen molar-refractivity contribution < 1.29 is 27.9 Å². The van der Waals surface area contributed by atoms with Crippen LogP contribution < -0.4 is 5.32 Å². The lowest BCUT2D eigenvalue weighted by Crippen LogP contribution is -2.42. The summed E-state index contributed by atoms with van der Waals surface area (Å²) < 4.78 is 29.6. The molecule has 0 aliphatic carbocycles. The van der Waals surface area contributed by atoms with Gasteiger partial charge in [-0.05, 0) is 72.7 Å². The molecular formula is C31H39NO6S2. The molecule has 0 saturated heterocycles. The number of carboxylic acids is 1. The van der Waals surface area contributed by atoms with Crippen LogP contribution in [0.5, 0.6) is 0 Å². The molecule has 1 heterocycles. The highest BCUT2D eigenvalue weighted by Gasteiger charge is 2.24. The van der Waals surface area contributed by atoms with E-state index < -0.39 is 27.8 Å². The van der Waals surface area contributed by atoms with Crippen molar-refractivity contribution in [1.29, 1.82) is 0 Å². The lowest BCUT2D eigenvalue weighted by Gasteiger charge is -2.19. The topological polar surface area (TPSA) is 110 Å². The average Bonchev–Trinajstić information content (AvgIpc) is 3.39. The first-order valence-electron chi connectivity index (χ1n) is 13.6. The zero-order valence-electron chi connectivity index (χ0n) is 23.6. The van der Waals surface area contributed by atoms with Gasteiger partial charge in [0.05, 0.1) is 18.5 Å². The van der Waals surface area contributed by atoms with Crippen molar-refractivity contribution >= 4 is 33.1 Å². The van der Waals surface area contributed by atoms with E-state index in [1.807, 2.05) is 43.3 Å². The standard InChI is InChI=1S/C31H39NO6S2/c1-5-7-12-28(29-16-14-23(6-2)39-29)38-20-22-13-15-25(26(19-22)24-11-9-8-10-21(24)3)30(33)32-27(31(34)35)17-18-40(4,36)37/h8-11,13-16,19,27-28H,5-7,12,17-18,20H2,1-4H3,(H,32,33)(H,34,35). The monoisotopic (exact) mass is 585 g/mol. The van der Waals surface area contributed by atoms with Crippen LogP contribution in [0.25, 0.3) is 11.1 Å². The number of carbonyl (C=O) groups excluding carboxylic acids is 1. The smallest absolute Gasteiger partial charge is 0.326 e. The van der Waals surface area contributed by atoms with Crippen molar-refractivity contribution in [3.63, 3.8) is 0 Å². The van der Waals surface area contributed by atoms with Crippen LogP contribution in [-0.4, -0.2) is 43.5 Å². The van der Waals surface area contributed by atoms with E-state index in [-0.39, 0.29) is 18.3 Å². The minimum Gasteiger partial charge on any atom is -0.480 e. The Kier molecular flexibility index (Phi) is 11.5. The highest BCUT2D eigenvalue weighted by atomic mass is 32.2. The lowest BCUT2D eigenvalue weighted by molar-refractivity contribution is -0.139. The number of benzene rings is 2. The second kappa shape index (κ2) is 14.6. The number of hydrogen-bond donors (Lipinski definition) is 2. The van der Waals surface area contributed by atoms with Crippen LogP contribution in [0.1, 0.15) is 76.9 Å². The van der Waals surface area contributed by atoms with Crippen molar-refractivity contribution in [1.82, 2.24) is 5.32 Å². The molecule has 216 valence electrons. The van der Waals surface area contributed by atoms with Gasteiger partial charge in [0, 0.05) is 21.6 Å². The van der Waals surface area contributed by atoms with Crippen molar-refractivity contribution in [2.75, 3.05) is 12.0 Å². The van der Waals surface area contributed by atoms with E-state index in [0.717, 1.165) is 48.6 Å². The Morgan fingerprint density at radius 2 is 1.77 bits per heavy atom. The van der Waals surface area contributed by atoms with Gasteiger partial charge in [-0.3, -0.25) is 4.79 Å². The number of ether oxygens (including phenoxy) is 1. The average molecular weight is 586 g/mol. The third-order valence-corrected chi connectivity index (χ3v) is 9.06. The van der Waals surface area contributed by atoms with Gasteiger partial charge in [0.15, 0.2) is 0 Å². The van der Waals surface area contributed by atoms with Crippen LogP contribution in [0.2, 0.25) is 0 Å². The molecule has 0 radical (unpaired) electrons. The summed E-state index contributed by atoms with van der Waals surface area (Å²) in [5.41, 5.74) is 3.70. The van der Waals surface area contributed by atoms with E-state index in [9.17, 15) is 23.1 Å². The van der Waals surface area contributed by atoms with E-state index >= 15 is 0 Å². The summed E-state index contributed by atoms with van der Waals surface area (Å²) in [5, 5.41) is 12.1. The fraction of sp³-hybridized carbons (Fsp3) is 0.419. The predicted molar refractivity (Wildman–Crippen MR) is 161 cm³/mol. The summed E-state index contributed by atoms with van der Waals surface area (Å²) in [7, 11) is -3.38. The van der Waals surface area contributed by atoms with E-state index in [0.29, 0.717) is 17.7 Å². The van der Waals surface area contributed by atoms with Gasteiger partial charge in [0.1, 0.15) is 15.9 Å². The number of amides is 1. The second-order valence-electron chi connectivity index (χ2n) is 10.1. The molecule has 2 aromatic carbocycles. The first-order chi connectivity index (χ1) is 19.0. The molecule has 0 aliphatic heterocycles. The summed E-state index contributed by atoms with van der Waals surface area (Å²) >= 11 is 1.78. The first kappa shape index (κ1) is 31.5. The Bertz CT molecular complexity index is 1410. The van der Waals surface area contributed by atoms with Gasteiger partial charge in [-0.2, -0.15) is 0 Å². The van der Waals surface area contributed by atoms with Crippen LogP contribution in [0.4, 0.5) is 0 Å². The van der Waals surface area contributed by atoms with E-state index in [1.165, 1.54) is 9.75 Å². The van der Waals surface area contributed by atoms with E-state index in [4.69, 9.17) is 4.74 Å². The summed E-state index contributed by atoms with van der Waals surface area (Å²) in [5.74, 6) is -2.19. The number of thiophene rings is 1. The van der Waals surface area contributed by atoms with Crippen LogP contribution in [0.3, 0.4) is 0 Å². The van der Waals surface area contributed by atoms with Crippen LogP contribution >= 0.6 is 11.3 Å². The number of carboxylic acid groups (broad SMARTS) is 1. The SMILES string of the molecule is CCCCC(OCc1ccc(C(=O)NC(CCS(C)(=O)=O)C(=O)O)c(-c2ccccc2C)c1)c1ccc(CC)s1. The molecule has 9 heteroatoms. The number of aliphatic carboxylic acids is 1. The largest absolute Gasteiger partial charge is 0.480 e. The summed E-state index contributed by atoms with van der Waals surface area (Å²) in [4.78, 5) is 27.7. The van der Waals surface area contributed by atoms with Gasteiger partial charge in [0.25, 0.3) is 5.91 Å². The Labute approximate surface area is 241 Å². The number of sulfone groups is 1. The molecule has 1 aromatic heterocycles. The molecule has 1 amide bonds. The Hall–Kier alpha value is -3.01. The number of hydrogen-bond acceptors (Lipinski definition) is 6. The molecule has 3 rings (SSSR count). The Morgan fingerprint density at radius 3 is 2.40 bits per heavy atom. The molecule has 0 spiro atoms. The molecule has 40 heavy (non-hydrogen) atoms. The highest BCUT2D eigenvalue weighted by Crippen LogP contribution is 2.33. The van der Waals surface area contributed by atoms with Gasteiger partial charge in [-0.1, -0.05) is 57.0 Å². The third kappa shape index (κ3) is 9.01. The number of rotatable bonds is 15. The maximum Gasteiger partial charge on any atom is 0.326 e. The molecular weight excluding hydrogens is 546 g/mol. The van der Waals surface area contributed by atoms with Gasteiger partial charge in [-0.25, -0.2) is 13.2 Å². The Morgan fingerprint density at radius 1 is 1.02 bits per heavy atom. The second-order valence-corrected chi connectivity index (χ2v) is 13.5. The fourth-order valence-electron chi connectivity index (χ4n) is 4.45. The first-order valence-corrected chi connectivity index (χ1v) is 16.5. The number of unbranched alkanes of at least 4 members (excludes halogenated alkanes) is 1. The van der Waals surface area contributed by atoms with Gasteiger partial charge in [0.2, 0.25) is 0 Å². The third-order valence-electron chi connectivity index (χ3n) is 6.76. The molecule has 2 N–H and O–H groups in total. The maximum atomic E-state index is 13.3. The molecule has 7 nitrogen and oxygen atoms in total. The minimum absolute atomic E-state index is 0.0127. The molecule has 2 unspecified atom stereocenters. The predicted octanol–water partition coefficient (Wildman–Crippen LogP) is 6.35. The van der Waals surface area contributed by atoms with Crippen LogP contribution in [0.15, 0.2) is 54.6 Å². The molecule has 0 saturated carbocycles. The molecule has 2 atom stereocenters. The van der Waals surface area contributed by atoms with Crippen molar-refractivity contribution in [3.8, 4) is 11.1 Å². The quantitative estimate of drug-likeness (QED) is 0.215. The minimum atomic E-state index is -3.38. The maximum absolute atomic E-state index is 13.3. The summed E-state index contributed by atoms with van der Waals surface area (Å²) in [6, 6.07) is 16.1. The fourth-order valence-corrected chi connectivity index (χ4v) is 6.15. The zero-order valence-corrected chi connectivity index (χ0v) is 25.2. The van der Waals surface area contributed by atoms with Crippen LogP contribution in [-0.2, 0) is 32.4 Å². The molecule has 3 aromatic rings. The zero-order chi connectivity index (χ0) is 29.3. The van der Waals surface area contributed by atoms with Crippen LogP contribution in [0, 0.1) is 6.92 Å². The summed E-state index contributed by atoms with van der Waals surface area (Å²) in [6.45, 7) is 6.62. The van der Waals surface area contributed by atoms with E-state index in [1.54, 1.807) is 17.4 Å². The van der Waals surface area contributed by atoms with Crippen molar-refractivity contribution in [2.45, 2.75) is 71.6 Å². The molecule has 0 bridgehead atoms.